The first-order valence-corrected chi connectivity index (χ1v) is 11.2. The van der Waals surface area contributed by atoms with Crippen LogP contribution in [0.15, 0.2) is 116 Å². The molecule has 0 saturated heterocycles. The second-order valence-electron chi connectivity index (χ2n) is 7.59. The monoisotopic (exact) mass is 664 g/mol. The van der Waals surface area contributed by atoms with Gasteiger partial charge in [-0.25, -0.2) is 4.98 Å². The molecule has 5 aromatic rings. The molecule has 1 aliphatic rings. The van der Waals surface area contributed by atoms with Gasteiger partial charge in [0.2, 0.25) is 0 Å². The Labute approximate surface area is 228 Å². The summed E-state index contributed by atoms with van der Waals surface area (Å²) in [6.07, 6.45) is 7.10. The molecule has 0 amide bonds. The largest absolute Gasteiger partial charge is 0.506 e. The van der Waals surface area contributed by atoms with Gasteiger partial charge in [-0.3, -0.25) is 0 Å². The van der Waals surface area contributed by atoms with Crippen LogP contribution in [0.4, 0.5) is 11.4 Å². The van der Waals surface area contributed by atoms with Crippen molar-refractivity contribution >= 4 is 11.4 Å². The van der Waals surface area contributed by atoms with Crippen molar-refractivity contribution in [2.45, 2.75) is 0 Å². The minimum atomic E-state index is 0. The zero-order valence-corrected chi connectivity index (χ0v) is 21.9. The predicted molar refractivity (Wildman–Crippen MR) is 138 cm³/mol. The number of nitrogens with zero attached hydrogens (tertiary/aromatic N) is 7. The zero-order chi connectivity index (χ0) is 24.6. The maximum atomic E-state index is 9.81. The number of hydrogen-bond acceptors (Lipinski definition) is 8. The summed E-state index contributed by atoms with van der Waals surface area (Å²) in [6, 6.07) is 31.3. The van der Waals surface area contributed by atoms with E-state index in [1.807, 2.05) is 108 Å². The minimum absolute atomic E-state index is 0. The Balaban J connectivity index is 0.000000168. The summed E-state index contributed by atoms with van der Waals surface area (Å²) in [7, 11) is 0. The number of para-hydroxylation sites is 3. The van der Waals surface area contributed by atoms with E-state index < -0.39 is 0 Å². The Bertz CT molecular complexity index is 1380. The average molecular weight is 664 g/mol. The van der Waals surface area contributed by atoms with Crippen molar-refractivity contribution in [1.29, 1.82) is 0 Å². The topological polar surface area (TPSA) is 91.2 Å². The van der Waals surface area contributed by atoms with E-state index in [1.165, 1.54) is 0 Å². The molecule has 0 bridgehead atoms. The molecule has 0 atom stereocenters. The van der Waals surface area contributed by atoms with E-state index in [2.05, 4.69) is 31.4 Å². The minimum Gasteiger partial charge on any atom is -0.506 e. The van der Waals surface area contributed by atoms with Crippen LogP contribution in [0.25, 0.3) is 22.8 Å². The number of rotatable bonds is 4. The van der Waals surface area contributed by atoms with Crippen molar-refractivity contribution in [3.63, 3.8) is 0 Å². The maximum absolute atomic E-state index is 9.81. The first-order chi connectivity index (χ1) is 17.8. The fourth-order valence-corrected chi connectivity index (χ4v) is 3.46. The van der Waals surface area contributed by atoms with Crippen LogP contribution < -0.4 is 9.80 Å². The third-order valence-electron chi connectivity index (χ3n) is 5.19. The van der Waals surface area contributed by atoms with Crippen molar-refractivity contribution in [2.75, 3.05) is 9.80 Å². The van der Waals surface area contributed by atoms with Crippen LogP contribution in [-0.2, 0) is 20.1 Å². The maximum Gasteiger partial charge on any atom is 0.136 e. The number of phenolic OH excluding ortho intramolecular Hbond substituents is 1. The normalized spacial score (nSPS) is 11.9. The smallest absolute Gasteiger partial charge is 0.136 e. The van der Waals surface area contributed by atoms with Gasteiger partial charge in [0.1, 0.15) is 17.1 Å². The summed E-state index contributed by atoms with van der Waals surface area (Å²) in [5, 5.41) is 25.6. The molecule has 6 rings (SSSR count). The van der Waals surface area contributed by atoms with Gasteiger partial charge in [0.25, 0.3) is 0 Å². The zero-order valence-electron chi connectivity index (χ0n) is 19.5. The van der Waals surface area contributed by atoms with Crippen molar-refractivity contribution in [1.82, 2.24) is 25.4 Å². The molecule has 1 aliphatic heterocycles. The van der Waals surface area contributed by atoms with E-state index in [4.69, 9.17) is 0 Å². The summed E-state index contributed by atoms with van der Waals surface area (Å²) in [6.45, 7) is 1.90. The van der Waals surface area contributed by atoms with Gasteiger partial charge < -0.3 is 14.9 Å². The predicted octanol–water partition coefficient (Wildman–Crippen LogP) is 5.10. The van der Waals surface area contributed by atoms with Crippen LogP contribution in [0.5, 0.6) is 5.75 Å². The van der Waals surface area contributed by atoms with Gasteiger partial charge in [-0.1, -0.05) is 18.2 Å². The summed E-state index contributed by atoms with van der Waals surface area (Å²) in [5.74, 6) is 0.261. The summed E-state index contributed by atoms with van der Waals surface area (Å²) >= 11 is 0. The third-order valence-corrected chi connectivity index (χ3v) is 5.19. The van der Waals surface area contributed by atoms with Gasteiger partial charge in [-0.05, 0) is 60.9 Å². The Kier molecular flexibility index (Phi) is 8.65. The van der Waals surface area contributed by atoms with Crippen molar-refractivity contribution in [3.05, 3.63) is 129 Å². The van der Waals surface area contributed by atoms with E-state index in [1.54, 1.807) is 24.5 Å². The van der Waals surface area contributed by atoms with Crippen molar-refractivity contribution < 1.29 is 25.2 Å². The molecular formula is C28H21IrN7O-2. The SMILES string of the molecule is Oc1ccccc1N1C=CN(c2[c-]cccc2)[CH-]1.[Ir].c1cnnc(-c2cccc(-c3cccnn3)n2)c1. The standard InChI is InChI=1S/C15H12N2O.C13H9N5.Ir/c18-15-9-5-4-8-14(15)17-11-10-16(12-17)13-6-2-1-3-7-13;1-4-10(12-6-2-8-14-17-12)16-11(5-1)13-7-3-9-15-18-13;/h1-6,8-12,18H;1-9H;/q-2;;. The van der Waals surface area contributed by atoms with E-state index >= 15 is 0 Å². The van der Waals surface area contributed by atoms with Crippen LogP contribution in [0, 0.1) is 12.7 Å². The van der Waals surface area contributed by atoms with E-state index in [-0.39, 0.29) is 25.9 Å². The average Bonchev–Trinajstić information content (AvgIpc) is 3.45. The van der Waals surface area contributed by atoms with Gasteiger partial charge in [-0.15, -0.1) is 22.6 Å². The molecule has 1 radical (unpaired) electrons. The molecule has 1 N–H and O–H groups in total. The molecule has 185 valence electrons. The number of hydrogen-bond donors (Lipinski definition) is 1. The molecule has 9 heteroatoms. The Hall–Kier alpha value is -4.46. The van der Waals surface area contributed by atoms with Crippen molar-refractivity contribution in [2.24, 2.45) is 0 Å². The van der Waals surface area contributed by atoms with Crippen LogP contribution in [-0.4, -0.2) is 30.5 Å². The molecule has 8 nitrogen and oxygen atoms in total. The molecule has 0 saturated carbocycles. The van der Waals surface area contributed by atoms with E-state index in [0.717, 1.165) is 34.2 Å². The third kappa shape index (κ3) is 6.41. The van der Waals surface area contributed by atoms with Gasteiger partial charge >= 0.3 is 0 Å². The summed E-state index contributed by atoms with van der Waals surface area (Å²) < 4.78 is 0. The number of aromatic nitrogens is 5. The number of benzene rings is 2. The van der Waals surface area contributed by atoms with Gasteiger partial charge in [0, 0.05) is 32.5 Å². The first-order valence-electron chi connectivity index (χ1n) is 11.2. The Morgan fingerprint density at radius 3 is 1.86 bits per heavy atom. The van der Waals surface area contributed by atoms with Crippen LogP contribution in [0.3, 0.4) is 0 Å². The molecule has 4 heterocycles. The molecule has 0 spiro atoms. The fourth-order valence-electron chi connectivity index (χ4n) is 3.46. The van der Waals surface area contributed by atoms with E-state index in [9.17, 15) is 5.11 Å². The molecule has 37 heavy (non-hydrogen) atoms. The van der Waals surface area contributed by atoms with Crippen LogP contribution >= 0.6 is 0 Å². The van der Waals surface area contributed by atoms with Crippen LogP contribution in [0.2, 0.25) is 0 Å². The fraction of sp³-hybridized carbons (Fsp3) is 0. The molecule has 0 fully saturated rings. The second-order valence-corrected chi connectivity index (χ2v) is 7.59. The first kappa shape index (κ1) is 25.6. The summed E-state index contributed by atoms with van der Waals surface area (Å²) in [5.41, 5.74) is 4.74. The molecule has 3 aromatic heterocycles. The quantitative estimate of drug-likeness (QED) is 0.266. The molecular weight excluding hydrogens is 643 g/mol. The Morgan fingerprint density at radius 2 is 1.27 bits per heavy atom. The molecule has 2 aromatic carbocycles. The summed E-state index contributed by atoms with van der Waals surface area (Å²) in [4.78, 5) is 8.33. The number of pyridine rings is 1. The van der Waals surface area contributed by atoms with Crippen molar-refractivity contribution in [3.8, 4) is 28.5 Å². The Morgan fingerprint density at radius 1 is 0.649 bits per heavy atom. The number of anilines is 2. The number of aromatic hydroxyl groups is 1. The van der Waals surface area contributed by atoms with Gasteiger partial charge in [0.05, 0.1) is 17.1 Å². The molecule has 0 aliphatic carbocycles. The second kappa shape index (κ2) is 12.5. The van der Waals surface area contributed by atoms with E-state index in [0.29, 0.717) is 0 Å². The van der Waals surface area contributed by atoms with Gasteiger partial charge in [0.15, 0.2) is 0 Å². The number of phenols is 1. The van der Waals surface area contributed by atoms with Gasteiger partial charge in [-0.2, -0.15) is 40.5 Å². The molecule has 0 unspecified atom stereocenters. The van der Waals surface area contributed by atoms with Crippen LogP contribution in [0.1, 0.15) is 0 Å².